The average molecular weight is 496 g/mol. The molecule has 174 valence electrons. The number of hydrogen-bond acceptors (Lipinski definition) is 4. The lowest BCUT2D eigenvalue weighted by molar-refractivity contribution is -0.132. The molecule has 1 aliphatic heterocycles. The van der Waals surface area contributed by atoms with Crippen molar-refractivity contribution in [1.82, 2.24) is 0 Å². The Bertz CT molecular complexity index is 1280. The lowest BCUT2D eigenvalue weighted by atomic mass is 9.95. The van der Waals surface area contributed by atoms with E-state index >= 15 is 0 Å². The molecule has 0 saturated carbocycles. The third-order valence-electron chi connectivity index (χ3n) is 5.60. The van der Waals surface area contributed by atoms with E-state index in [0.717, 1.165) is 12.0 Å². The molecule has 3 aromatic carbocycles. The molecule has 1 heterocycles. The fourth-order valence-corrected chi connectivity index (χ4v) is 4.22. The Kier molecular flexibility index (Phi) is 6.96. The van der Waals surface area contributed by atoms with Crippen molar-refractivity contribution in [1.29, 1.82) is 0 Å². The van der Waals surface area contributed by atoms with Gasteiger partial charge in [-0.2, -0.15) is 0 Å². The second-order valence-electron chi connectivity index (χ2n) is 8.05. The first kappa shape index (κ1) is 23.9. The summed E-state index contributed by atoms with van der Waals surface area (Å²) in [6.45, 7) is 4.45. The Labute approximate surface area is 208 Å². The normalized spacial score (nSPS) is 17.3. The van der Waals surface area contributed by atoms with Crippen LogP contribution in [0.15, 0.2) is 72.3 Å². The lowest BCUT2D eigenvalue weighted by Gasteiger charge is -2.26. The molecule has 1 unspecified atom stereocenters. The SMILES string of the molecule is CCCOc1cccc(/C(O)=C2/C(=O)C(=O)N(c3ccc(C)cc3)C2c2ccc(Cl)c(Cl)c2)c1. The van der Waals surface area contributed by atoms with Gasteiger partial charge in [-0.1, -0.05) is 66.0 Å². The predicted molar refractivity (Wildman–Crippen MR) is 135 cm³/mol. The van der Waals surface area contributed by atoms with Gasteiger partial charge in [0.15, 0.2) is 0 Å². The molecule has 0 aliphatic carbocycles. The first-order valence-corrected chi connectivity index (χ1v) is 11.6. The highest BCUT2D eigenvalue weighted by atomic mass is 35.5. The molecule has 7 heteroatoms. The first-order valence-electron chi connectivity index (χ1n) is 10.9. The molecule has 0 radical (unpaired) electrons. The van der Waals surface area contributed by atoms with Gasteiger partial charge in [-0.05, 0) is 55.3 Å². The summed E-state index contributed by atoms with van der Waals surface area (Å²) in [5.41, 5.74) is 2.43. The number of aliphatic hydroxyl groups is 1. The Morgan fingerprint density at radius 1 is 1.00 bits per heavy atom. The van der Waals surface area contributed by atoms with Crippen molar-refractivity contribution in [3.05, 3.63) is 99.0 Å². The van der Waals surface area contributed by atoms with Crippen LogP contribution >= 0.6 is 23.2 Å². The number of rotatable bonds is 6. The zero-order valence-corrected chi connectivity index (χ0v) is 20.2. The van der Waals surface area contributed by atoms with Gasteiger partial charge in [0, 0.05) is 11.3 Å². The molecule has 1 aliphatic rings. The second kappa shape index (κ2) is 9.92. The zero-order chi connectivity index (χ0) is 24.4. The summed E-state index contributed by atoms with van der Waals surface area (Å²) in [5, 5.41) is 11.9. The maximum absolute atomic E-state index is 13.3. The van der Waals surface area contributed by atoms with E-state index in [-0.39, 0.29) is 16.4 Å². The van der Waals surface area contributed by atoms with E-state index < -0.39 is 17.7 Å². The third kappa shape index (κ3) is 4.54. The number of halogens is 2. The number of amides is 1. The lowest BCUT2D eigenvalue weighted by Crippen LogP contribution is -2.29. The van der Waals surface area contributed by atoms with Crippen LogP contribution in [0.4, 0.5) is 5.69 Å². The van der Waals surface area contributed by atoms with Crippen LogP contribution in [-0.2, 0) is 9.59 Å². The minimum atomic E-state index is -0.891. The number of nitrogens with zero attached hydrogens (tertiary/aromatic N) is 1. The minimum absolute atomic E-state index is 0.0309. The summed E-state index contributed by atoms with van der Waals surface area (Å²) in [5.74, 6) is -1.25. The van der Waals surface area contributed by atoms with Gasteiger partial charge in [0.25, 0.3) is 11.7 Å². The molecule has 34 heavy (non-hydrogen) atoms. The monoisotopic (exact) mass is 495 g/mol. The molecule has 1 saturated heterocycles. The van der Waals surface area contributed by atoms with Crippen molar-refractivity contribution in [2.24, 2.45) is 0 Å². The molecule has 0 aromatic heterocycles. The van der Waals surface area contributed by atoms with E-state index in [1.54, 1.807) is 54.6 Å². The smallest absolute Gasteiger partial charge is 0.300 e. The van der Waals surface area contributed by atoms with Gasteiger partial charge >= 0.3 is 0 Å². The highest BCUT2D eigenvalue weighted by molar-refractivity contribution is 6.51. The Balaban J connectivity index is 1.90. The topological polar surface area (TPSA) is 66.8 Å². The Hall–Kier alpha value is -3.28. The fraction of sp³-hybridized carbons (Fsp3) is 0.185. The quantitative estimate of drug-likeness (QED) is 0.234. The summed E-state index contributed by atoms with van der Waals surface area (Å²) in [7, 11) is 0. The second-order valence-corrected chi connectivity index (χ2v) is 8.87. The van der Waals surface area contributed by atoms with Crippen LogP contribution in [0.3, 0.4) is 0 Å². The molecule has 5 nitrogen and oxygen atoms in total. The number of ketones is 1. The van der Waals surface area contributed by atoms with Crippen molar-refractivity contribution in [3.8, 4) is 5.75 Å². The van der Waals surface area contributed by atoms with Gasteiger partial charge in [-0.3, -0.25) is 14.5 Å². The number of Topliss-reactive ketones (excluding diaryl/α,β-unsaturated/α-hetero) is 1. The van der Waals surface area contributed by atoms with Gasteiger partial charge in [0.05, 0.1) is 28.3 Å². The van der Waals surface area contributed by atoms with Crippen LogP contribution in [0.5, 0.6) is 5.75 Å². The van der Waals surface area contributed by atoms with Crippen molar-refractivity contribution in [3.63, 3.8) is 0 Å². The van der Waals surface area contributed by atoms with E-state index in [0.29, 0.717) is 34.2 Å². The number of carbonyl (C=O) groups excluding carboxylic acids is 2. The summed E-state index contributed by atoms with van der Waals surface area (Å²) >= 11 is 12.4. The summed E-state index contributed by atoms with van der Waals surface area (Å²) in [6, 6.07) is 18.1. The standard InChI is InChI=1S/C27H23Cl2NO4/c1-3-13-34-20-6-4-5-18(14-20)25(31)23-24(17-9-12-21(28)22(29)15-17)30(27(33)26(23)32)19-10-7-16(2)8-11-19/h4-12,14-15,24,31H,3,13H2,1-2H3/b25-23-. The Morgan fingerprint density at radius 3 is 2.41 bits per heavy atom. The molecule has 1 atom stereocenters. The molecule has 0 spiro atoms. The van der Waals surface area contributed by atoms with Crippen molar-refractivity contribution >= 4 is 46.3 Å². The summed E-state index contributed by atoms with van der Waals surface area (Å²) in [6.07, 6.45) is 0.829. The van der Waals surface area contributed by atoms with E-state index in [9.17, 15) is 14.7 Å². The first-order chi connectivity index (χ1) is 16.3. The molecule has 3 aromatic rings. The zero-order valence-electron chi connectivity index (χ0n) is 18.7. The predicted octanol–water partition coefficient (Wildman–Crippen LogP) is 6.72. The number of anilines is 1. The van der Waals surface area contributed by atoms with Crippen LogP contribution in [0, 0.1) is 6.92 Å². The average Bonchev–Trinajstić information content (AvgIpc) is 3.10. The Morgan fingerprint density at radius 2 is 1.74 bits per heavy atom. The van der Waals surface area contributed by atoms with Crippen LogP contribution in [0.2, 0.25) is 10.0 Å². The van der Waals surface area contributed by atoms with Crippen LogP contribution in [0.1, 0.15) is 36.1 Å². The highest BCUT2D eigenvalue weighted by Gasteiger charge is 2.47. The summed E-state index contributed by atoms with van der Waals surface area (Å²) < 4.78 is 5.67. The van der Waals surface area contributed by atoms with Crippen LogP contribution in [0.25, 0.3) is 5.76 Å². The molecule has 1 N–H and O–H groups in total. The van der Waals surface area contributed by atoms with E-state index in [4.69, 9.17) is 27.9 Å². The number of benzene rings is 3. The minimum Gasteiger partial charge on any atom is -0.507 e. The highest BCUT2D eigenvalue weighted by Crippen LogP contribution is 2.43. The van der Waals surface area contributed by atoms with E-state index in [1.807, 2.05) is 26.0 Å². The van der Waals surface area contributed by atoms with Gasteiger partial charge in [0.1, 0.15) is 11.5 Å². The molecule has 0 bridgehead atoms. The van der Waals surface area contributed by atoms with Crippen LogP contribution < -0.4 is 9.64 Å². The van der Waals surface area contributed by atoms with E-state index in [1.165, 1.54) is 4.90 Å². The number of ether oxygens (including phenoxy) is 1. The number of aliphatic hydroxyl groups excluding tert-OH is 1. The maximum atomic E-state index is 13.3. The molecule has 1 amide bonds. The fourth-order valence-electron chi connectivity index (χ4n) is 3.91. The van der Waals surface area contributed by atoms with Crippen LogP contribution in [-0.4, -0.2) is 23.4 Å². The van der Waals surface area contributed by atoms with Gasteiger partial charge in [-0.15, -0.1) is 0 Å². The molecular formula is C27H23Cl2NO4. The maximum Gasteiger partial charge on any atom is 0.300 e. The number of aryl methyl sites for hydroxylation is 1. The van der Waals surface area contributed by atoms with Crippen molar-refractivity contribution in [2.75, 3.05) is 11.5 Å². The summed E-state index contributed by atoms with van der Waals surface area (Å²) in [4.78, 5) is 27.9. The van der Waals surface area contributed by atoms with Gasteiger partial charge < -0.3 is 9.84 Å². The molecule has 1 fully saturated rings. The number of carbonyl (C=O) groups is 2. The van der Waals surface area contributed by atoms with E-state index in [2.05, 4.69) is 0 Å². The largest absolute Gasteiger partial charge is 0.507 e. The van der Waals surface area contributed by atoms with Gasteiger partial charge in [-0.25, -0.2) is 0 Å². The van der Waals surface area contributed by atoms with Gasteiger partial charge in [0.2, 0.25) is 0 Å². The van der Waals surface area contributed by atoms with Crippen molar-refractivity contribution in [2.45, 2.75) is 26.3 Å². The third-order valence-corrected chi connectivity index (χ3v) is 6.34. The number of hydrogen-bond donors (Lipinski definition) is 1. The van der Waals surface area contributed by atoms with Crippen molar-refractivity contribution < 1.29 is 19.4 Å². The molecular weight excluding hydrogens is 473 g/mol. The molecule has 4 rings (SSSR count).